The Balaban J connectivity index is 1.96. The molecule has 28 heavy (non-hydrogen) atoms. The standard InChI is InChI=1S/C21H18BrFO5/c1-11-15-6-7-18(27-10-13-4-5-14(22)8-17(13)23)12(2)20(15)28-21(25)16(11)9-19(24)26-3/h4-8H,9-10H2,1-3H3. The van der Waals surface area contributed by atoms with Crippen LogP contribution in [-0.4, -0.2) is 13.1 Å². The third kappa shape index (κ3) is 3.94. The molecule has 0 amide bonds. The number of carbonyl (C=O) groups is 1. The van der Waals surface area contributed by atoms with Crippen LogP contribution in [0.4, 0.5) is 4.39 Å². The van der Waals surface area contributed by atoms with Crippen LogP contribution >= 0.6 is 15.9 Å². The molecular weight excluding hydrogens is 431 g/mol. The van der Waals surface area contributed by atoms with Gasteiger partial charge in [0.15, 0.2) is 0 Å². The van der Waals surface area contributed by atoms with Crippen molar-refractivity contribution < 1.29 is 23.1 Å². The number of carbonyl (C=O) groups excluding carboxylic acids is 1. The van der Waals surface area contributed by atoms with Gasteiger partial charge in [-0.15, -0.1) is 0 Å². The van der Waals surface area contributed by atoms with E-state index in [1.165, 1.54) is 13.2 Å². The Labute approximate surface area is 169 Å². The maximum Gasteiger partial charge on any atom is 0.340 e. The first kappa shape index (κ1) is 20.1. The van der Waals surface area contributed by atoms with Crippen molar-refractivity contribution in [1.29, 1.82) is 0 Å². The molecule has 1 heterocycles. The zero-order valence-electron chi connectivity index (χ0n) is 15.6. The van der Waals surface area contributed by atoms with Gasteiger partial charge < -0.3 is 13.9 Å². The highest BCUT2D eigenvalue weighted by Gasteiger charge is 2.18. The minimum atomic E-state index is -0.588. The summed E-state index contributed by atoms with van der Waals surface area (Å²) in [5.74, 6) is -0.399. The smallest absolute Gasteiger partial charge is 0.340 e. The van der Waals surface area contributed by atoms with E-state index in [4.69, 9.17) is 9.15 Å². The molecule has 0 fully saturated rings. The van der Waals surface area contributed by atoms with Crippen LogP contribution in [0.3, 0.4) is 0 Å². The van der Waals surface area contributed by atoms with Crippen molar-refractivity contribution in [3.8, 4) is 5.75 Å². The van der Waals surface area contributed by atoms with Gasteiger partial charge in [0.25, 0.3) is 0 Å². The van der Waals surface area contributed by atoms with Gasteiger partial charge in [-0.3, -0.25) is 4.79 Å². The lowest BCUT2D eigenvalue weighted by Crippen LogP contribution is -2.16. The van der Waals surface area contributed by atoms with Crippen LogP contribution in [0.5, 0.6) is 5.75 Å². The van der Waals surface area contributed by atoms with Crippen LogP contribution in [0, 0.1) is 19.7 Å². The topological polar surface area (TPSA) is 65.7 Å². The highest BCUT2D eigenvalue weighted by Crippen LogP contribution is 2.30. The molecule has 3 rings (SSSR count). The van der Waals surface area contributed by atoms with Crippen molar-refractivity contribution >= 4 is 32.9 Å². The maximum absolute atomic E-state index is 14.0. The number of fused-ring (bicyclic) bond motifs is 1. The molecule has 0 saturated carbocycles. The molecule has 146 valence electrons. The van der Waals surface area contributed by atoms with Crippen LogP contribution in [0.1, 0.15) is 22.3 Å². The number of halogens is 2. The van der Waals surface area contributed by atoms with Crippen molar-refractivity contribution in [2.75, 3.05) is 7.11 Å². The van der Waals surface area contributed by atoms with Crippen molar-refractivity contribution in [2.24, 2.45) is 0 Å². The zero-order valence-corrected chi connectivity index (χ0v) is 17.2. The molecule has 0 aliphatic carbocycles. The molecule has 0 atom stereocenters. The first-order chi connectivity index (χ1) is 13.3. The molecule has 1 aromatic heterocycles. The number of benzene rings is 2. The number of aryl methyl sites for hydroxylation is 2. The molecular formula is C21H18BrFO5. The second kappa shape index (κ2) is 8.14. The second-order valence-electron chi connectivity index (χ2n) is 6.34. The number of hydrogen-bond acceptors (Lipinski definition) is 5. The summed E-state index contributed by atoms with van der Waals surface area (Å²) in [6, 6.07) is 8.24. The molecule has 0 bridgehead atoms. The number of methoxy groups -OCH3 is 1. The molecule has 5 nitrogen and oxygen atoms in total. The highest BCUT2D eigenvalue weighted by molar-refractivity contribution is 9.10. The number of hydrogen-bond donors (Lipinski definition) is 0. The molecule has 3 aromatic rings. The van der Waals surface area contributed by atoms with E-state index in [1.54, 1.807) is 38.1 Å². The van der Waals surface area contributed by atoms with Gasteiger partial charge in [0.05, 0.1) is 19.1 Å². The Morgan fingerprint density at radius 2 is 1.93 bits per heavy atom. The quantitative estimate of drug-likeness (QED) is 0.421. The fraction of sp³-hybridized carbons (Fsp3) is 0.238. The first-order valence-electron chi connectivity index (χ1n) is 8.51. The van der Waals surface area contributed by atoms with Crippen LogP contribution in [-0.2, 0) is 22.6 Å². The SMILES string of the molecule is COC(=O)Cc1c(C)c2ccc(OCc3ccc(Br)cc3F)c(C)c2oc1=O. The molecule has 0 aliphatic heterocycles. The number of rotatable bonds is 5. The third-order valence-corrected chi connectivity index (χ3v) is 5.09. The molecule has 0 aliphatic rings. The Kier molecular flexibility index (Phi) is 5.84. The molecule has 2 aromatic carbocycles. The summed E-state index contributed by atoms with van der Waals surface area (Å²) in [6.45, 7) is 3.56. The van der Waals surface area contributed by atoms with Gasteiger partial charge in [-0.05, 0) is 43.7 Å². The van der Waals surface area contributed by atoms with Crippen molar-refractivity contribution in [1.82, 2.24) is 0 Å². The van der Waals surface area contributed by atoms with E-state index >= 15 is 0 Å². The van der Waals surface area contributed by atoms with Gasteiger partial charge in [-0.2, -0.15) is 0 Å². The predicted octanol–water partition coefficient (Wildman–Crippen LogP) is 4.61. The zero-order chi connectivity index (χ0) is 20.4. The summed E-state index contributed by atoms with van der Waals surface area (Å²) in [4.78, 5) is 23.9. The summed E-state index contributed by atoms with van der Waals surface area (Å²) < 4.78 is 30.5. The second-order valence-corrected chi connectivity index (χ2v) is 7.25. The van der Waals surface area contributed by atoms with E-state index in [1.807, 2.05) is 0 Å². The molecule has 0 N–H and O–H groups in total. The van der Waals surface area contributed by atoms with Gasteiger partial charge in [0.2, 0.25) is 0 Å². The Morgan fingerprint density at radius 3 is 2.61 bits per heavy atom. The van der Waals surface area contributed by atoms with Crippen molar-refractivity contribution in [3.05, 3.63) is 73.3 Å². The van der Waals surface area contributed by atoms with Gasteiger partial charge in [0, 0.05) is 21.0 Å². The van der Waals surface area contributed by atoms with Crippen LogP contribution in [0.25, 0.3) is 11.0 Å². The van der Waals surface area contributed by atoms with Crippen LogP contribution in [0.2, 0.25) is 0 Å². The van der Waals surface area contributed by atoms with Gasteiger partial charge >= 0.3 is 11.6 Å². The van der Waals surface area contributed by atoms with E-state index in [0.717, 1.165) is 0 Å². The fourth-order valence-electron chi connectivity index (χ4n) is 2.94. The summed E-state index contributed by atoms with van der Waals surface area (Å²) in [6.07, 6.45) is -0.152. The minimum absolute atomic E-state index is 0.0368. The van der Waals surface area contributed by atoms with E-state index < -0.39 is 11.6 Å². The monoisotopic (exact) mass is 448 g/mol. The van der Waals surface area contributed by atoms with Crippen LogP contribution in [0.15, 0.2) is 44.0 Å². The summed E-state index contributed by atoms with van der Waals surface area (Å²) in [7, 11) is 1.27. The average molecular weight is 449 g/mol. The third-order valence-electron chi connectivity index (χ3n) is 4.60. The first-order valence-corrected chi connectivity index (χ1v) is 9.30. The van der Waals surface area contributed by atoms with E-state index in [0.29, 0.717) is 37.9 Å². The summed E-state index contributed by atoms with van der Waals surface area (Å²) in [5, 5.41) is 0.707. The minimum Gasteiger partial charge on any atom is -0.488 e. The van der Waals surface area contributed by atoms with Crippen molar-refractivity contribution in [3.63, 3.8) is 0 Å². The van der Waals surface area contributed by atoms with Crippen molar-refractivity contribution in [2.45, 2.75) is 26.9 Å². The van der Waals surface area contributed by atoms with Crippen LogP contribution < -0.4 is 10.4 Å². The Morgan fingerprint density at radius 1 is 1.18 bits per heavy atom. The lowest BCUT2D eigenvalue weighted by atomic mass is 10.0. The van der Waals surface area contributed by atoms with Gasteiger partial charge in [-0.25, -0.2) is 9.18 Å². The summed E-state index contributed by atoms with van der Waals surface area (Å²) >= 11 is 3.22. The largest absolute Gasteiger partial charge is 0.488 e. The highest BCUT2D eigenvalue weighted by atomic mass is 79.9. The van der Waals surface area contributed by atoms with Gasteiger partial charge in [0.1, 0.15) is 23.8 Å². The fourth-order valence-corrected chi connectivity index (χ4v) is 3.28. The molecule has 0 radical (unpaired) electrons. The lowest BCUT2D eigenvalue weighted by Gasteiger charge is -2.13. The van der Waals surface area contributed by atoms with E-state index in [-0.39, 0.29) is 24.4 Å². The lowest BCUT2D eigenvalue weighted by molar-refractivity contribution is -0.139. The molecule has 0 spiro atoms. The van der Waals surface area contributed by atoms with E-state index in [2.05, 4.69) is 20.7 Å². The Hall–Kier alpha value is -2.67. The summed E-state index contributed by atoms with van der Waals surface area (Å²) in [5.41, 5.74) is 1.75. The van der Waals surface area contributed by atoms with Gasteiger partial charge in [-0.1, -0.05) is 22.0 Å². The maximum atomic E-state index is 14.0. The molecule has 7 heteroatoms. The molecule has 0 saturated heterocycles. The molecule has 0 unspecified atom stereocenters. The van der Waals surface area contributed by atoms with E-state index in [9.17, 15) is 14.0 Å². The Bertz CT molecular complexity index is 1120. The number of esters is 1. The predicted molar refractivity (Wildman–Crippen MR) is 106 cm³/mol. The average Bonchev–Trinajstić information content (AvgIpc) is 2.66. The normalized spacial score (nSPS) is 10.9. The number of ether oxygens (including phenoxy) is 2.